The number of nitrogens with zero attached hydrogens (tertiary/aromatic N) is 5. The Bertz CT molecular complexity index is 1090. The number of hydrogen-bond acceptors (Lipinski definition) is 7. The monoisotopic (exact) mass is 415 g/mol. The minimum Gasteiger partial charge on any atom is -0.404 e. The summed E-state index contributed by atoms with van der Waals surface area (Å²) in [7, 11) is 0. The second kappa shape index (κ2) is 8.85. The molecule has 0 spiro atoms. The first kappa shape index (κ1) is 21.2. The molecule has 156 valence electrons. The molecule has 0 saturated heterocycles. The van der Waals surface area contributed by atoms with E-state index in [0.29, 0.717) is 39.7 Å². The van der Waals surface area contributed by atoms with E-state index in [1.807, 2.05) is 6.07 Å². The van der Waals surface area contributed by atoms with Gasteiger partial charge in [-0.05, 0) is 35.7 Å². The van der Waals surface area contributed by atoms with Crippen LogP contribution in [-0.4, -0.2) is 39.1 Å². The van der Waals surface area contributed by atoms with Gasteiger partial charge < -0.3 is 11.1 Å². The van der Waals surface area contributed by atoms with Gasteiger partial charge in [-0.1, -0.05) is 13.8 Å². The smallest absolute Gasteiger partial charge is 0.404 e. The molecule has 0 atom stereocenters. The van der Waals surface area contributed by atoms with E-state index in [0.717, 1.165) is 11.8 Å². The maximum Gasteiger partial charge on any atom is 0.407 e. The highest BCUT2D eigenvalue weighted by Gasteiger charge is 2.25. The van der Waals surface area contributed by atoms with E-state index < -0.39 is 12.7 Å². The molecule has 0 aliphatic carbocycles. The molecular weight excluding hydrogens is 395 g/mol. The lowest BCUT2D eigenvalue weighted by Gasteiger charge is -2.09. The van der Waals surface area contributed by atoms with Crippen LogP contribution in [0.2, 0.25) is 0 Å². The molecule has 3 rings (SSSR count). The Morgan fingerprint density at radius 1 is 1.17 bits per heavy atom. The largest absolute Gasteiger partial charge is 0.407 e. The van der Waals surface area contributed by atoms with Gasteiger partial charge in [-0.25, -0.2) is 4.98 Å². The number of aliphatic imine (C=N–C) groups is 1. The number of nitrogens with two attached hydrogens (primary N) is 1. The number of allylic oxidation sites excluding steroid dienone is 1. The lowest BCUT2D eigenvalue weighted by molar-refractivity contribution is -0.118. The van der Waals surface area contributed by atoms with Crippen LogP contribution in [0, 0.1) is 0 Å². The maximum absolute atomic E-state index is 12.3. The first-order chi connectivity index (χ1) is 14.2. The Balaban J connectivity index is 1.86. The summed E-state index contributed by atoms with van der Waals surface area (Å²) in [4.78, 5) is 12.2. The van der Waals surface area contributed by atoms with Crippen LogP contribution in [-0.2, 0) is 0 Å². The molecule has 3 N–H and O–H groups in total. The summed E-state index contributed by atoms with van der Waals surface area (Å²) < 4.78 is 36.9. The minimum atomic E-state index is -4.38. The summed E-state index contributed by atoms with van der Waals surface area (Å²) in [5.74, 6) is 1.39. The average molecular weight is 415 g/mol. The van der Waals surface area contributed by atoms with Gasteiger partial charge in [-0.3, -0.25) is 9.98 Å². The van der Waals surface area contributed by atoms with Gasteiger partial charge in [0.15, 0.2) is 5.82 Å². The average Bonchev–Trinajstić information content (AvgIpc) is 2.70. The first-order valence-electron chi connectivity index (χ1n) is 9.10. The SMILES string of the molecule is CC(C)c1cnnc(Nc2ccc3ncc(C(C=NCC(F)(F)F)=CN)cc3n2)c1. The molecule has 0 aliphatic rings. The predicted molar refractivity (Wildman–Crippen MR) is 111 cm³/mol. The fraction of sp³-hybridized carbons (Fsp3) is 0.250. The Morgan fingerprint density at radius 3 is 2.67 bits per heavy atom. The van der Waals surface area contributed by atoms with Gasteiger partial charge in [0.25, 0.3) is 0 Å². The number of pyridine rings is 2. The molecule has 0 aromatic carbocycles. The van der Waals surface area contributed by atoms with E-state index in [2.05, 4.69) is 44.3 Å². The van der Waals surface area contributed by atoms with Gasteiger partial charge in [0, 0.05) is 29.7 Å². The van der Waals surface area contributed by atoms with Gasteiger partial charge in [0.1, 0.15) is 12.4 Å². The summed E-state index contributed by atoms with van der Waals surface area (Å²) in [6.07, 6.45) is 1.09. The molecule has 3 aromatic rings. The number of hydrogen-bond donors (Lipinski definition) is 2. The highest BCUT2D eigenvalue weighted by atomic mass is 19.4. The van der Waals surface area contributed by atoms with E-state index in [4.69, 9.17) is 5.73 Å². The zero-order chi connectivity index (χ0) is 21.7. The number of alkyl halides is 3. The number of fused-ring (bicyclic) bond motifs is 1. The molecule has 10 heteroatoms. The van der Waals surface area contributed by atoms with Crippen LogP contribution in [0.15, 0.2) is 47.9 Å². The topological polar surface area (TPSA) is 102 Å². The van der Waals surface area contributed by atoms with Crippen molar-refractivity contribution in [2.45, 2.75) is 25.9 Å². The first-order valence-corrected chi connectivity index (χ1v) is 9.10. The van der Waals surface area contributed by atoms with Gasteiger partial charge in [-0.2, -0.15) is 18.3 Å². The number of rotatable bonds is 6. The molecule has 0 bridgehead atoms. The van der Waals surface area contributed by atoms with E-state index >= 15 is 0 Å². The lowest BCUT2D eigenvalue weighted by Crippen LogP contribution is -2.12. The summed E-state index contributed by atoms with van der Waals surface area (Å²) in [6.45, 7) is 2.83. The fourth-order valence-corrected chi connectivity index (χ4v) is 2.59. The summed E-state index contributed by atoms with van der Waals surface area (Å²) in [5.41, 5.74) is 8.56. The van der Waals surface area contributed by atoms with Crippen molar-refractivity contribution in [3.8, 4) is 0 Å². The molecule has 0 amide bonds. The molecule has 3 aromatic heterocycles. The van der Waals surface area contributed by atoms with Crippen LogP contribution >= 0.6 is 0 Å². The van der Waals surface area contributed by atoms with Crippen LogP contribution < -0.4 is 11.1 Å². The van der Waals surface area contributed by atoms with E-state index in [9.17, 15) is 13.2 Å². The molecule has 3 heterocycles. The van der Waals surface area contributed by atoms with E-state index in [-0.39, 0.29) is 0 Å². The Labute approximate surface area is 171 Å². The zero-order valence-corrected chi connectivity index (χ0v) is 16.4. The van der Waals surface area contributed by atoms with Gasteiger partial charge >= 0.3 is 6.18 Å². The highest BCUT2D eigenvalue weighted by molar-refractivity contribution is 6.10. The van der Waals surface area contributed by atoms with E-state index in [1.54, 1.807) is 24.4 Å². The van der Waals surface area contributed by atoms with Crippen molar-refractivity contribution in [3.05, 3.63) is 54.0 Å². The van der Waals surface area contributed by atoms with Gasteiger partial charge in [-0.15, -0.1) is 5.10 Å². The Morgan fingerprint density at radius 2 is 1.97 bits per heavy atom. The normalized spacial score (nSPS) is 12.8. The van der Waals surface area contributed by atoms with Crippen LogP contribution in [0.4, 0.5) is 24.8 Å². The molecular formula is C20H20F3N7. The van der Waals surface area contributed by atoms with Crippen molar-refractivity contribution in [2.75, 3.05) is 11.9 Å². The van der Waals surface area contributed by atoms with Crippen LogP contribution in [0.1, 0.15) is 30.9 Å². The third-order valence-corrected chi connectivity index (χ3v) is 4.15. The number of aromatic nitrogens is 4. The molecule has 7 nitrogen and oxygen atoms in total. The quantitative estimate of drug-likeness (QED) is 0.585. The summed E-state index contributed by atoms with van der Waals surface area (Å²) in [5, 5.41) is 11.1. The molecule has 0 saturated carbocycles. The molecule has 0 unspecified atom stereocenters. The van der Waals surface area contributed by atoms with Crippen LogP contribution in [0.5, 0.6) is 0 Å². The Hall–Kier alpha value is -3.56. The van der Waals surface area contributed by atoms with Crippen LogP contribution in [0.3, 0.4) is 0 Å². The van der Waals surface area contributed by atoms with Crippen molar-refractivity contribution in [3.63, 3.8) is 0 Å². The maximum atomic E-state index is 12.3. The number of halogens is 3. The van der Waals surface area contributed by atoms with Crippen molar-refractivity contribution in [1.29, 1.82) is 0 Å². The number of anilines is 2. The zero-order valence-electron chi connectivity index (χ0n) is 16.4. The van der Waals surface area contributed by atoms with Crippen molar-refractivity contribution < 1.29 is 13.2 Å². The standard InChI is InChI=1S/C20H20F3N7/c1-12(2)13-6-19(30-27-10-13)29-18-4-3-16-17(28-18)5-14(9-26-16)15(7-24)8-25-11-20(21,22)23/h3-10,12H,11,24H2,1-2H3,(H,28,29,30). The molecule has 0 fully saturated rings. The van der Waals surface area contributed by atoms with Gasteiger partial charge in [0.2, 0.25) is 0 Å². The van der Waals surface area contributed by atoms with Crippen LogP contribution in [0.25, 0.3) is 16.6 Å². The summed E-state index contributed by atoms with van der Waals surface area (Å²) in [6, 6.07) is 7.10. The molecule has 30 heavy (non-hydrogen) atoms. The molecule has 0 aliphatic heterocycles. The fourth-order valence-electron chi connectivity index (χ4n) is 2.59. The van der Waals surface area contributed by atoms with Crippen molar-refractivity contribution >= 4 is 34.5 Å². The second-order valence-electron chi connectivity index (χ2n) is 6.82. The Kier molecular flexibility index (Phi) is 6.24. The third-order valence-electron chi connectivity index (χ3n) is 4.15. The minimum absolute atomic E-state index is 0.304. The summed E-state index contributed by atoms with van der Waals surface area (Å²) >= 11 is 0. The van der Waals surface area contributed by atoms with Crippen molar-refractivity contribution in [1.82, 2.24) is 20.2 Å². The van der Waals surface area contributed by atoms with Gasteiger partial charge in [0.05, 0.1) is 17.2 Å². The highest BCUT2D eigenvalue weighted by Crippen LogP contribution is 2.22. The second-order valence-corrected chi connectivity index (χ2v) is 6.82. The lowest BCUT2D eigenvalue weighted by atomic mass is 10.1. The van der Waals surface area contributed by atoms with Crippen molar-refractivity contribution in [2.24, 2.45) is 10.7 Å². The third kappa shape index (κ3) is 5.49. The number of nitrogens with one attached hydrogen (secondary N) is 1. The van der Waals surface area contributed by atoms with E-state index in [1.165, 1.54) is 12.4 Å². The predicted octanol–water partition coefficient (Wildman–Crippen LogP) is 4.22. The molecule has 0 radical (unpaired) electrons.